The molecule has 7 heteroatoms. The first-order valence-corrected chi connectivity index (χ1v) is 10.9. The highest BCUT2D eigenvalue weighted by Crippen LogP contribution is 2.35. The Labute approximate surface area is 182 Å². The Morgan fingerprint density at radius 2 is 1.87 bits per heavy atom. The Balaban J connectivity index is 1.23. The van der Waals surface area contributed by atoms with Gasteiger partial charge in [0, 0.05) is 56.7 Å². The molecule has 1 N–H and O–H groups in total. The third kappa shape index (κ3) is 4.98. The minimum Gasteiger partial charge on any atom is -0.497 e. The van der Waals surface area contributed by atoms with Crippen LogP contribution in [0.3, 0.4) is 0 Å². The van der Waals surface area contributed by atoms with Crippen LogP contribution in [0.15, 0.2) is 47.3 Å². The summed E-state index contributed by atoms with van der Waals surface area (Å²) in [4.78, 5) is 38.9. The number of piperidine rings is 1. The number of carbonyl (C=O) groups excluding carboxylic acids is 2. The van der Waals surface area contributed by atoms with E-state index in [1.807, 2.05) is 39.8 Å². The Morgan fingerprint density at radius 3 is 2.65 bits per heavy atom. The van der Waals surface area contributed by atoms with E-state index < -0.39 is 0 Å². The van der Waals surface area contributed by atoms with Gasteiger partial charge < -0.3 is 19.5 Å². The quantitative estimate of drug-likeness (QED) is 0.738. The molecule has 3 heterocycles. The molecule has 2 aliphatic rings. The van der Waals surface area contributed by atoms with Crippen molar-refractivity contribution in [3.8, 4) is 5.75 Å². The van der Waals surface area contributed by atoms with E-state index >= 15 is 0 Å². The maximum absolute atomic E-state index is 12.7. The van der Waals surface area contributed by atoms with E-state index in [1.165, 1.54) is 0 Å². The molecule has 2 unspecified atom stereocenters. The molecule has 31 heavy (non-hydrogen) atoms. The van der Waals surface area contributed by atoms with E-state index in [-0.39, 0.29) is 36.1 Å². The van der Waals surface area contributed by atoms with Gasteiger partial charge in [-0.2, -0.15) is 0 Å². The molecule has 0 aliphatic carbocycles. The smallest absolute Gasteiger partial charge is 0.250 e. The first kappa shape index (κ1) is 21.2. The number of hydrogen-bond donors (Lipinski definition) is 1. The number of pyridine rings is 1. The first-order chi connectivity index (χ1) is 15.0. The molecular formula is C24H29N3O4. The van der Waals surface area contributed by atoms with Crippen LogP contribution in [-0.4, -0.2) is 48.0 Å². The zero-order valence-corrected chi connectivity index (χ0v) is 17.9. The molecular weight excluding hydrogens is 394 g/mol. The summed E-state index contributed by atoms with van der Waals surface area (Å²) in [6.45, 7) is 2.49. The second kappa shape index (κ2) is 9.37. The Kier molecular flexibility index (Phi) is 6.39. The number of nitrogens with one attached hydrogen (secondary N) is 1. The van der Waals surface area contributed by atoms with E-state index in [1.54, 1.807) is 19.2 Å². The van der Waals surface area contributed by atoms with Crippen LogP contribution >= 0.6 is 0 Å². The molecule has 164 valence electrons. The van der Waals surface area contributed by atoms with Crippen LogP contribution in [0.2, 0.25) is 0 Å². The summed E-state index contributed by atoms with van der Waals surface area (Å²) in [5.74, 6) is 1.23. The number of aromatic nitrogens is 1. The van der Waals surface area contributed by atoms with Crippen molar-refractivity contribution in [2.75, 3.05) is 26.7 Å². The molecule has 0 saturated carbocycles. The van der Waals surface area contributed by atoms with Crippen molar-refractivity contribution in [1.82, 2.24) is 14.8 Å². The Hall–Kier alpha value is -3.09. The predicted molar refractivity (Wildman–Crippen MR) is 117 cm³/mol. The molecule has 1 fully saturated rings. The van der Waals surface area contributed by atoms with Gasteiger partial charge in [0.05, 0.1) is 7.11 Å². The van der Waals surface area contributed by atoms with E-state index in [9.17, 15) is 14.4 Å². The second-order valence-corrected chi connectivity index (χ2v) is 8.44. The lowest BCUT2D eigenvalue weighted by Crippen LogP contribution is -2.49. The van der Waals surface area contributed by atoms with Crippen molar-refractivity contribution in [2.45, 2.75) is 38.1 Å². The number of amides is 2. The number of fused-ring (bicyclic) bond motifs is 4. The van der Waals surface area contributed by atoms with Crippen LogP contribution in [-0.2, 0) is 22.6 Å². The van der Waals surface area contributed by atoms with Gasteiger partial charge in [0.2, 0.25) is 11.8 Å². The molecule has 1 aromatic heterocycles. The van der Waals surface area contributed by atoms with E-state index in [2.05, 4.69) is 5.32 Å². The number of benzene rings is 1. The fourth-order valence-electron chi connectivity index (χ4n) is 4.71. The number of carbonyl (C=O) groups is 2. The molecule has 0 spiro atoms. The van der Waals surface area contributed by atoms with Crippen LogP contribution in [0.1, 0.15) is 36.4 Å². The SMILES string of the molecule is COc1ccc(CCNC(=O)CCC(=O)N2CC3CC(C2)c2cccc(=O)n2C3)cc1. The molecule has 2 bridgehead atoms. The number of rotatable bonds is 7. The lowest BCUT2D eigenvalue weighted by atomic mass is 9.83. The van der Waals surface area contributed by atoms with Crippen LogP contribution in [0, 0.1) is 5.92 Å². The number of ether oxygens (including phenoxy) is 1. The summed E-state index contributed by atoms with van der Waals surface area (Å²) < 4.78 is 7.00. The molecule has 4 rings (SSSR count). The van der Waals surface area contributed by atoms with Crippen molar-refractivity contribution in [3.63, 3.8) is 0 Å². The van der Waals surface area contributed by atoms with Gasteiger partial charge in [-0.15, -0.1) is 0 Å². The molecule has 1 saturated heterocycles. The van der Waals surface area contributed by atoms with Gasteiger partial charge >= 0.3 is 0 Å². The normalized spacial score (nSPS) is 19.5. The van der Waals surface area contributed by atoms with Crippen molar-refractivity contribution in [2.24, 2.45) is 5.92 Å². The van der Waals surface area contributed by atoms with Gasteiger partial charge in [-0.1, -0.05) is 18.2 Å². The minimum atomic E-state index is -0.101. The lowest BCUT2D eigenvalue weighted by Gasteiger charge is -2.42. The minimum absolute atomic E-state index is 0.0201. The van der Waals surface area contributed by atoms with Gasteiger partial charge in [0.1, 0.15) is 5.75 Å². The molecule has 2 aromatic rings. The largest absolute Gasteiger partial charge is 0.497 e. The summed E-state index contributed by atoms with van der Waals surface area (Å²) >= 11 is 0. The topological polar surface area (TPSA) is 80.6 Å². The number of likely N-dealkylation sites (tertiary alicyclic amines) is 1. The summed E-state index contributed by atoms with van der Waals surface area (Å²) in [5, 5.41) is 2.90. The molecule has 0 radical (unpaired) electrons. The predicted octanol–water partition coefficient (Wildman–Crippen LogP) is 1.94. The van der Waals surface area contributed by atoms with Crippen LogP contribution in [0.25, 0.3) is 0 Å². The summed E-state index contributed by atoms with van der Waals surface area (Å²) in [6.07, 6.45) is 2.16. The fourth-order valence-corrected chi connectivity index (χ4v) is 4.71. The lowest BCUT2D eigenvalue weighted by molar-refractivity contribution is -0.136. The maximum atomic E-state index is 12.7. The number of hydrogen-bond acceptors (Lipinski definition) is 4. The van der Waals surface area contributed by atoms with Crippen molar-refractivity contribution in [3.05, 3.63) is 64.1 Å². The van der Waals surface area contributed by atoms with E-state index in [0.717, 1.165) is 29.8 Å². The van der Waals surface area contributed by atoms with Gasteiger partial charge in [0.15, 0.2) is 0 Å². The van der Waals surface area contributed by atoms with Crippen molar-refractivity contribution >= 4 is 11.8 Å². The highest BCUT2D eigenvalue weighted by molar-refractivity contribution is 5.83. The average Bonchev–Trinajstić information content (AvgIpc) is 2.78. The monoisotopic (exact) mass is 423 g/mol. The van der Waals surface area contributed by atoms with Crippen molar-refractivity contribution < 1.29 is 14.3 Å². The third-order valence-electron chi connectivity index (χ3n) is 6.29. The van der Waals surface area contributed by atoms with Gasteiger partial charge in [0.25, 0.3) is 5.56 Å². The highest BCUT2D eigenvalue weighted by Gasteiger charge is 2.36. The van der Waals surface area contributed by atoms with Crippen LogP contribution in [0.4, 0.5) is 0 Å². The number of nitrogens with zero attached hydrogens (tertiary/aromatic N) is 2. The summed E-state index contributed by atoms with van der Waals surface area (Å²) in [7, 11) is 1.63. The standard InChI is InChI=1S/C24H29N3O4/c1-31-20-7-5-17(6-8-20)11-12-25-22(28)9-10-23(29)26-14-18-13-19(16-26)21-3-2-4-24(30)27(21)15-18/h2-8,18-19H,9-16H2,1H3,(H,25,28). The van der Waals surface area contributed by atoms with Crippen LogP contribution in [0.5, 0.6) is 5.75 Å². The summed E-state index contributed by atoms with van der Waals surface area (Å²) in [5.41, 5.74) is 2.19. The second-order valence-electron chi connectivity index (χ2n) is 8.44. The van der Waals surface area contributed by atoms with Crippen molar-refractivity contribution in [1.29, 1.82) is 0 Å². The zero-order chi connectivity index (χ0) is 21.8. The Morgan fingerprint density at radius 1 is 1.06 bits per heavy atom. The molecule has 2 aliphatic heterocycles. The Bertz CT molecular complexity index is 999. The van der Waals surface area contributed by atoms with E-state index in [4.69, 9.17) is 4.74 Å². The average molecular weight is 424 g/mol. The van der Waals surface area contributed by atoms with E-state index in [0.29, 0.717) is 32.1 Å². The first-order valence-electron chi connectivity index (χ1n) is 10.9. The number of methoxy groups -OCH3 is 1. The zero-order valence-electron chi connectivity index (χ0n) is 17.9. The van der Waals surface area contributed by atoms with Crippen LogP contribution < -0.4 is 15.6 Å². The molecule has 1 aromatic carbocycles. The summed E-state index contributed by atoms with van der Waals surface area (Å²) in [6, 6.07) is 13.2. The van der Waals surface area contributed by atoms with Gasteiger partial charge in [-0.25, -0.2) is 0 Å². The highest BCUT2D eigenvalue weighted by atomic mass is 16.5. The molecule has 2 amide bonds. The van der Waals surface area contributed by atoms with Gasteiger partial charge in [-0.3, -0.25) is 14.4 Å². The molecule has 2 atom stereocenters. The maximum Gasteiger partial charge on any atom is 0.250 e. The third-order valence-corrected chi connectivity index (χ3v) is 6.29. The van der Waals surface area contributed by atoms with Gasteiger partial charge in [-0.05, 0) is 42.5 Å². The fraction of sp³-hybridized carbons (Fsp3) is 0.458. The molecule has 7 nitrogen and oxygen atoms in total.